The average Bonchev–Trinajstić information content (AvgIpc) is 3.08. The molecule has 0 amide bonds. The van der Waals surface area contributed by atoms with Crippen molar-refractivity contribution in [3.8, 4) is 11.3 Å². The molecule has 2 atom stereocenters. The molecule has 1 unspecified atom stereocenters. The lowest BCUT2D eigenvalue weighted by Crippen LogP contribution is -2.40. The van der Waals surface area contributed by atoms with Gasteiger partial charge in [-0.25, -0.2) is 9.71 Å². The third-order valence-electron chi connectivity index (χ3n) is 4.99. The maximum absolute atomic E-state index is 13.5. The van der Waals surface area contributed by atoms with Gasteiger partial charge in [-0.1, -0.05) is 24.3 Å². The highest BCUT2D eigenvalue weighted by Crippen LogP contribution is 2.37. The molecule has 0 aliphatic carbocycles. The molecule has 1 saturated heterocycles. The summed E-state index contributed by atoms with van der Waals surface area (Å²) in [6.45, 7) is 3.28. The van der Waals surface area contributed by atoms with Crippen LogP contribution < -0.4 is 4.72 Å². The van der Waals surface area contributed by atoms with Crippen LogP contribution in [0.3, 0.4) is 0 Å². The Morgan fingerprint density at radius 3 is 2.69 bits per heavy atom. The minimum atomic E-state index is -4.70. The fraction of sp³-hybridized carbons (Fsp3) is 0.318. The van der Waals surface area contributed by atoms with Crippen molar-refractivity contribution in [1.29, 1.82) is 5.41 Å². The van der Waals surface area contributed by atoms with E-state index < -0.39 is 39.3 Å². The number of pyridine rings is 1. The molecule has 1 aliphatic heterocycles. The zero-order valence-corrected chi connectivity index (χ0v) is 19.5. The Balaban J connectivity index is 1.74. The van der Waals surface area contributed by atoms with Gasteiger partial charge in [0.1, 0.15) is 11.4 Å². The number of benzene rings is 1. The maximum atomic E-state index is 13.5. The Labute approximate surface area is 200 Å². The number of nitrogens with zero attached hydrogens (tertiary/aromatic N) is 2. The Hall–Kier alpha value is -3.29. The number of hydrogen-bond donors (Lipinski definition) is 3. The molecule has 0 saturated carbocycles. The van der Waals surface area contributed by atoms with Gasteiger partial charge in [0, 0.05) is 17.9 Å². The Kier molecular flexibility index (Phi) is 7.62. The highest BCUT2D eigenvalue weighted by Gasteiger charge is 2.40. The van der Waals surface area contributed by atoms with Crippen molar-refractivity contribution in [2.45, 2.75) is 31.7 Å². The summed E-state index contributed by atoms with van der Waals surface area (Å²) in [6, 6.07) is 7.94. The van der Waals surface area contributed by atoms with Gasteiger partial charge in [0.15, 0.2) is 6.10 Å². The van der Waals surface area contributed by atoms with Crippen LogP contribution >= 0.6 is 0 Å². The van der Waals surface area contributed by atoms with Crippen LogP contribution in [0.4, 0.5) is 19.0 Å². The van der Waals surface area contributed by atoms with E-state index in [1.165, 1.54) is 13.0 Å². The molecule has 0 radical (unpaired) electrons. The Morgan fingerprint density at radius 1 is 1.34 bits per heavy atom. The molecular formula is C22H23F3N4O5S. The van der Waals surface area contributed by atoms with Crippen molar-refractivity contribution in [1.82, 2.24) is 4.98 Å². The van der Waals surface area contributed by atoms with Crippen molar-refractivity contribution < 1.29 is 36.2 Å². The topological polar surface area (TPSA) is 134 Å². The van der Waals surface area contributed by atoms with Gasteiger partial charge in [-0.05, 0) is 37.6 Å². The molecular weight excluding hydrogens is 489 g/mol. The molecule has 2 heterocycles. The van der Waals surface area contributed by atoms with Crippen LogP contribution in [0.15, 0.2) is 52.9 Å². The molecule has 3 N–H and O–H groups in total. The highest BCUT2D eigenvalue weighted by atomic mass is 32.2. The number of aryl methyl sites for hydroxylation is 1. The van der Waals surface area contributed by atoms with Crippen LogP contribution in [0.2, 0.25) is 0 Å². The lowest BCUT2D eigenvalue weighted by atomic mass is 10.0. The third-order valence-corrected chi connectivity index (χ3v) is 5.86. The van der Waals surface area contributed by atoms with Crippen LogP contribution in [-0.2, 0) is 25.9 Å². The third kappa shape index (κ3) is 6.87. The van der Waals surface area contributed by atoms with Crippen molar-refractivity contribution in [2.75, 3.05) is 17.9 Å². The quantitative estimate of drug-likeness (QED) is 0.384. The average molecular weight is 513 g/mol. The van der Waals surface area contributed by atoms with Gasteiger partial charge < -0.3 is 14.6 Å². The summed E-state index contributed by atoms with van der Waals surface area (Å²) in [7, 11) is -4.38. The van der Waals surface area contributed by atoms with E-state index in [2.05, 4.69) is 9.38 Å². The van der Waals surface area contributed by atoms with Gasteiger partial charge in [-0.3, -0.25) is 5.41 Å². The minimum Gasteiger partial charge on any atom is -0.469 e. The molecule has 3 rings (SSSR count). The summed E-state index contributed by atoms with van der Waals surface area (Å²) in [4.78, 5) is 3.89. The van der Waals surface area contributed by atoms with Crippen LogP contribution in [0.1, 0.15) is 18.1 Å². The number of halogens is 3. The summed E-state index contributed by atoms with van der Waals surface area (Å²) in [5.41, 5.74) is -1.95. The normalized spacial score (nSPS) is 21.0. The fourth-order valence-electron chi connectivity index (χ4n) is 3.19. The van der Waals surface area contributed by atoms with Crippen LogP contribution in [0.25, 0.3) is 11.3 Å². The first-order chi connectivity index (χ1) is 16.3. The van der Waals surface area contributed by atoms with E-state index in [4.69, 9.17) is 14.9 Å². The summed E-state index contributed by atoms with van der Waals surface area (Å²) < 4.78 is 80.8. The Bertz CT molecular complexity index is 1260. The number of allylic oxidation sites excluding steroid dienone is 1. The second-order valence-corrected chi connectivity index (χ2v) is 9.30. The molecule has 1 aliphatic rings. The molecule has 0 bridgehead atoms. The first-order valence-corrected chi connectivity index (χ1v) is 11.7. The van der Waals surface area contributed by atoms with E-state index in [0.717, 1.165) is 30.5 Å². The zero-order valence-electron chi connectivity index (χ0n) is 18.7. The summed E-state index contributed by atoms with van der Waals surface area (Å²) in [5.74, 6) is -0.707. The van der Waals surface area contributed by atoms with Gasteiger partial charge in [0.05, 0.1) is 24.5 Å². The predicted molar refractivity (Wildman–Crippen MR) is 124 cm³/mol. The molecule has 13 heteroatoms. The van der Waals surface area contributed by atoms with Crippen molar-refractivity contribution in [2.24, 2.45) is 4.40 Å². The first kappa shape index (κ1) is 26.3. The van der Waals surface area contributed by atoms with E-state index in [9.17, 15) is 26.7 Å². The number of nitrogens with one attached hydrogen (secondary N) is 2. The smallest absolute Gasteiger partial charge is 0.418 e. The van der Waals surface area contributed by atoms with Gasteiger partial charge in [-0.15, -0.1) is 0 Å². The number of aliphatic hydroxyl groups is 1. The lowest BCUT2D eigenvalue weighted by molar-refractivity contribution is -0.137. The SMILES string of the molecule is Cc1ccccc1-c1nc(NS(=O)(=O)N=C/C=C\C(=N)O[C@@H]2COCC2(C)O)ccc1C(F)(F)F. The van der Waals surface area contributed by atoms with Gasteiger partial charge in [-0.2, -0.15) is 26.0 Å². The summed E-state index contributed by atoms with van der Waals surface area (Å²) >= 11 is 0. The molecule has 35 heavy (non-hydrogen) atoms. The number of aromatic nitrogens is 1. The summed E-state index contributed by atoms with van der Waals surface area (Å²) in [6.07, 6.45) is -2.37. The fourth-order valence-corrected chi connectivity index (χ4v) is 3.85. The number of rotatable bonds is 7. The molecule has 2 aromatic rings. The second kappa shape index (κ2) is 10.1. The van der Waals surface area contributed by atoms with E-state index in [1.54, 1.807) is 25.1 Å². The highest BCUT2D eigenvalue weighted by molar-refractivity contribution is 7.91. The largest absolute Gasteiger partial charge is 0.469 e. The number of alkyl halides is 3. The zero-order chi connectivity index (χ0) is 25.9. The monoisotopic (exact) mass is 512 g/mol. The van der Waals surface area contributed by atoms with E-state index in [-0.39, 0.29) is 30.5 Å². The standard InChI is InChI=1S/C22H23F3N4O5S/c1-14-6-3-4-7-15(14)20-16(22(23,24)25)9-10-19(28-20)29-35(31,32)27-11-5-8-18(26)34-17-12-33-13-21(17,2)30/h3-11,17,26,30H,12-13H2,1-2H3,(H,28,29)/b8-5-,26-18?,27-11?/t17-,21?/m1/s1. The van der Waals surface area contributed by atoms with Crippen LogP contribution in [-0.4, -0.2) is 55.5 Å². The molecule has 1 aromatic carbocycles. The van der Waals surface area contributed by atoms with Crippen molar-refractivity contribution in [3.63, 3.8) is 0 Å². The molecule has 1 fully saturated rings. The van der Waals surface area contributed by atoms with Gasteiger partial charge >= 0.3 is 16.4 Å². The van der Waals surface area contributed by atoms with Crippen molar-refractivity contribution >= 4 is 28.1 Å². The van der Waals surface area contributed by atoms with E-state index in [1.807, 2.05) is 4.72 Å². The van der Waals surface area contributed by atoms with Crippen molar-refractivity contribution in [3.05, 3.63) is 59.7 Å². The predicted octanol–water partition coefficient (Wildman–Crippen LogP) is 3.50. The van der Waals surface area contributed by atoms with Crippen LogP contribution in [0, 0.1) is 12.3 Å². The number of hydrogen-bond acceptors (Lipinski definition) is 7. The second-order valence-electron chi connectivity index (χ2n) is 7.94. The molecule has 9 nitrogen and oxygen atoms in total. The maximum Gasteiger partial charge on any atom is 0.418 e. The molecule has 188 valence electrons. The lowest BCUT2D eigenvalue weighted by Gasteiger charge is -2.23. The first-order valence-electron chi connectivity index (χ1n) is 10.2. The van der Waals surface area contributed by atoms with E-state index >= 15 is 0 Å². The summed E-state index contributed by atoms with van der Waals surface area (Å²) in [5, 5.41) is 17.8. The number of anilines is 1. The number of ether oxygens (including phenoxy) is 2. The minimum absolute atomic E-state index is 0.0591. The van der Waals surface area contributed by atoms with Gasteiger partial charge in [0.2, 0.25) is 5.90 Å². The van der Waals surface area contributed by atoms with Gasteiger partial charge in [0.25, 0.3) is 0 Å². The Morgan fingerprint density at radius 2 is 2.06 bits per heavy atom. The van der Waals surface area contributed by atoms with E-state index in [0.29, 0.717) is 5.56 Å². The molecule has 0 spiro atoms. The molecule has 1 aromatic heterocycles. The van der Waals surface area contributed by atoms with Crippen LogP contribution in [0.5, 0.6) is 0 Å².